The van der Waals surface area contributed by atoms with Gasteiger partial charge >= 0.3 is 0 Å². The first-order chi connectivity index (χ1) is 7.15. The van der Waals surface area contributed by atoms with Gasteiger partial charge in [0.15, 0.2) is 5.13 Å². The van der Waals surface area contributed by atoms with E-state index in [9.17, 15) is 0 Å². The molecule has 0 unspecified atom stereocenters. The van der Waals surface area contributed by atoms with Crippen LogP contribution < -0.4 is 4.90 Å². The quantitative estimate of drug-likeness (QED) is 0.848. The third-order valence-corrected chi connectivity index (χ3v) is 3.96. The fourth-order valence-electron chi connectivity index (χ4n) is 1.21. The van der Waals surface area contributed by atoms with Crippen molar-refractivity contribution < 1.29 is 0 Å². The molecule has 0 atom stereocenters. The molecule has 2 aromatic rings. The fourth-order valence-corrected chi connectivity index (χ4v) is 2.73. The van der Waals surface area contributed by atoms with Crippen LogP contribution in [0.1, 0.15) is 10.7 Å². The molecule has 0 amide bonds. The second kappa shape index (κ2) is 4.47. The van der Waals surface area contributed by atoms with E-state index in [0.717, 1.165) is 22.4 Å². The Balaban J connectivity index is 2.06. The van der Waals surface area contributed by atoms with Gasteiger partial charge in [0.25, 0.3) is 0 Å². The zero-order chi connectivity index (χ0) is 10.8. The highest BCUT2D eigenvalue weighted by molar-refractivity contribution is 7.14. The summed E-state index contributed by atoms with van der Waals surface area (Å²) in [5.41, 5.74) is 1.08. The molecule has 0 aliphatic heterocycles. The van der Waals surface area contributed by atoms with Gasteiger partial charge in [0.05, 0.1) is 17.2 Å². The smallest absolute Gasteiger partial charge is 0.186 e. The summed E-state index contributed by atoms with van der Waals surface area (Å²) in [6.07, 6.45) is 0. The van der Waals surface area contributed by atoms with Crippen molar-refractivity contribution in [3.63, 3.8) is 0 Å². The van der Waals surface area contributed by atoms with Crippen LogP contribution >= 0.6 is 34.3 Å². The van der Waals surface area contributed by atoms with Gasteiger partial charge in [-0.05, 0) is 6.92 Å². The molecule has 0 N–H and O–H groups in total. The topological polar surface area (TPSA) is 29.0 Å². The van der Waals surface area contributed by atoms with Gasteiger partial charge in [-0.1, -0.05) is 11.6 Å². The van der Waals surface area contributed by atoms with Gasteiger partial charge in [-0.2, -0.15) is 0 Å². The molecule has 0 saturated carbocycles. The van der Waals surface area contributed by atoms with Gasteiger partial charge in [0.1, 0.15) is 5.15 Å². The Bertz CT molecular complexity index is 452. The summed E-state index contributed by atoms with van der Waals surface area (Å²) in [6.45, 7) is 2.78. The predicted molar refractivity (Wildman–Crippen MR) is 66.1 cm³/mol. The largest absolute Gasteiger partial charge is 0.345 e. The fraction of sp³-hybridized carbons (Fsp3) is 0.333. The molecular weight excluding hydrogens is 250 g/mol. The van der Waals surface area contributed by atoms with Crippen molar-refractivity contribution in [3.8, 4) is 0 Å². The Morgan fingerprint density at radius 1 is 1.33 bits per heavy atom. The average molecular weight is 260 g/mol. The Morgan fingerprint density at radius 2 is 2.13 bits per heavy atom. The van der Waals surface area contributed by atoms with Crippen molar-refractivity contribution in [2.75, 3.05) is 11.9 Å². The molecule has 2 heterocycles. The monoisotopic (exact) mass is 259 g/mol. The first kappa shape index (κ1) is 10.9. The van der Waals surface area contributed by atoms with Crippen LogP contribution in [0.4, 0.5) is 5.13 Å². The van der Waals surface area contributed by atoms with Gasteiger partial charge in [-0.25, -0.2) is 9.97 Å². The highest BCUT2D eigenvalue weighted by Crippen LogP contribution is 2.23. The Morgan fingerprint density at radius 3 is 2.67 bits per heavy atom. The van der Waals surface area contributed by atoms with E-state index in [0.29, 0.717) is 5.15 Å². The number of anilines is 1. The van der Waals surface area contributed by atoms with Crippen LogP contribution in [-0.4, -0.2) is 17.0 Å². The van der Waals surface area contributed by atoms with E-state index in [4.69, 9.17) is 11.6 Å². The van der Waals surface area contributed by atoms with Crippen molar-refractivity contribution in [1.29, 1.82) is 0 Å². The number of thiazole rings is 2. The average Bonchev–Trinajstić information content (AvgIpc) is 2.75. The first-order valence-corrected chi connectivity index (χ1v) is 6.52. The molecule has 0 bridgehead atoms. The van der Waals surface area contributed by atoms with Crippen LogP contribution in [0.2, 0.25) is 5.15 Å². The van der Waals surface area contributed by atoms with Crippen molar-refractivity contribution in [1.82, 2.24) is 9.97 Å². The Labute approximate surface area is 101 Å². The number of aromatic nitrogens is 2. The van der Waals surface area contributed by atoms with Gasteiger partial charge in [0, 0.05) is 17.8 Å². The number of halogens is 1. The molecule has 15 heavy (non-hydrogen) atoms. The summed E-state index contributed by atoms with van der Waals surface area (Å²) in [6, 6.07) is 0. The summed E-state index contributed by atoms with van der Waals surface area (Å²) >= 11 is 8.98. The maximum Gasteiger partial charge on any atom is 0.186 e. The summed E-state index contributed by atoms with van der Waals surface area (Å²) < 4.78 is 0. The minimum atomic E-state index is 0.552. The zero-order valence-corrected chi connectivity index (χ0v) is 10.8. The summed E-state index contributed by atoms with van der Waals surface area (Å²) in [4.78, 5) is 10.6. The van der Waals surface area contributed by atoms with Crippen molar-refractivity contribution >= 4 is 39.4 Å². The maximum atomic E-state index is 5.77. The third-order valence-electron chi connectivity index (χ3n) is 1.86. The molecular formula is C9H10ClN3S2. The van der Waals surface area contributed by atoms with Crippen molar-refractivity contribution in [2.45, 2.75) is 13.5 Å². The highest BCUT2D eigenvalue weighted by atomic mass is 35.5. The number of hydrogen-bond acceptors (Lipinski definition) is 5. The summed E-state index contributed by atoms with van der Waals surface area (Å²) in [5.74, 6) is 0. The molecule has 2 aromatic heterocycles. The van der Waals surface area contributed by atoms with E-state index in [-0.39, 0.29) is 0 Å². The van der Waals surface area contributed by atoms with Crippen LogP contribution in [-0.2, 0) is 6.54 Å². The standard InChI is InChI=1S/C9H10ClN3S2/c1-6-11-7(4-14-6)3-13(2)9-12-8(10)5-15-9/h4-5H,3H2,1-2H3. The number of nitrogens with zero attached hydrogens (tertiary/aromatic N) is 3. The number of rotatable bonds is 3. The number of hydrogen-bond donors (Lipinski definition) is 0. The molecule has 0 radical (unpaired) electrons. The molecule has 0 saturated heterocycles. The zero-order valence-electron chi connectivity index (χ0n) is 8.40. The Kier molecular flexibility index (Phi) is 3.23. The molecule has 80 valence electrons. The van der Waals surface area contributed by atoms with E-state index < -0.39 is 0 Å². The molecule has 0 aliphatic rings. The highest BCUT2D eigenvalue weighted by Gasteiger charge is 2.08. The predicted octanol–water partition coefficient (Wildman–Crippen LogP) is 3.20. The van der Waals surface area contributed by atoms with Crippen LogP contribution in [0.5, 0.6) is 0 Å². The minimum absolute atomic E-state index is 0.552. The van der Waals surface area contributed by atoms with E-state index in [1.54, 1.807) is 22.7 Å². The molecule has 6 heteroatoms. The van der Waals surface area contributed by atoms with Crippen LogP contribution in [0.15, 0.2) is 10.8 Å². The Hall–Kier alpha value is -0.650. The number of aryl methyl sites for hydroxylation is 1. The van der Waals surface area contributed by atoms with Crippen LogP contribution in [0.25, 0.3) is 0 Å². The van der Waals surface area contributed by atoms with E-state index in [2.05, 4.69) is 15.3 Å². The second-order valence-corrected chi connectivity index (χ2v) is 5.45. The van der Waals surface area contributed by atoms with Gasteiger partial charge in [-0.3, -0.25) is 0 Å². The lowest BCUT2D eigenvalue weighted by molar-refractivity contribution is 0.884. The van der Waals surface area contributed by atoms with Gasteiger partial charge in [0.2, 0.25) is 0 Å². The SMILES string of the molecule is Cc1nc(CN(C)c2nc(Cl)cs2)cs1. The van der Waals surface area contributed by atoms with E-state index >= 15 is 0 Å². The summed E-state index contributed by atoms with van der Waals surface area (Å²) in [7, 11) is 1.99. The second-order valence-electron chi connectivity index (χ2n) is 3.17. The third kappa shape index (κ3) is 2.68. The molecule has 0 fully saturated rings. The van der Waals surface area contributed by atoms with Crippen LogP contribution in [0.3, 0.4) is 0 Å². The normalized spacial score (nSPS) is 10.6. The summed E-state index contributed by atoms with van der Waals surface area (Å²) in [5, 5.41) is 6.47. The first-order valence-electron chi connectivity index (χ1n) is 4.38. The van der Waals surface area contributed by atoms with Gasteiger partial charge < -0.3 is 4.90 Å². The molecule has 0 aromatic carbocycles. The lowest BCUT2D eigenvalue weighted by Gasteiger charge is -2.13. The van der Waals surface area contributed by atoms with E-state index in [1.807, 2.05) is 24.3 Å². The minimum Gasteiger partial charge on any atom is -0.345 e. The van der Waals surface area contributed by atoms with Crippen molar-refractivity contribution in [2.24, 2.45) is 0 Å². The van der Waals surface area contributed by atoms with Gasteiger partial charge in [-0.15, -0.1) is 22.7 Å². The molecule has 2 rings (SSSR count). The maximum absolute atomic E-state index is 5.77. The van der Waals surface area contributed by atoms with E-state index in [1.165, 1.54) is 0 Å². The molecule has 3 nitrogen and oxygen atoms in total. The molecule has 0 aliphatic carbocycles. The van der Waals surface area contributed by atoms with Crippen LogP contribution in [0, 0.1) is 6.92 Å². The lowest BCUT2D eigenvalue weighted by atomic mass is 10.4. The van der Waals surface area contributed by atoms with Crippen molar-refractivity contribution in [3.05, 3.63) is 26.6 Å². The molecule has 0 spiro atoms. The lowest BCUT2D eigenvalue weighted by Crippen LogP contribution is -2.16.